The van der Waals surface area contributed by atoms with Crippen molar-refractivity contribution in [3.63, 3.8) is 0 Å². The van der Waals surface area contributed by atoms with Crippen LogP contribution in [0.3, 0.4) is 0 Å². The summed E-state index contributed by atoms with van der Waals surface area (Å²) in [4.78, 5) is 15.0. The van der Waals surface area contributed by atoms with Gasteiger partial charge in [-0.05, 0) is 31.5 Å². The van der Waals surface area contributed by atoms with Crippen LogP contribution >= 0.6 is 0 Å². The first-order valence-electron chi connectivity index (χ1n) is 6.67. The van der Waals surface area contributed by atoms with Crippen LogP contribution in [0.2, 0.25) is 0 Å². The molecule has 0 atom stereocenters. The average Bonchev–Trinajstić information content (AvgIpc) is 2.47. The van der Waals surface area contributed by atoms with E-state index in [9.17, 15) is 18.0 Å². The third-order valence-corrected chi connectivity index (χ3v) is 3.21. The lowest BCUT2D eigenvalue weighted by molar-refractivity contribution is -0.141. The topological polar surface area (TPSA) is 54.0 Å². The van der Waals surface area contributed by atoms with Crippen LogP contribution in [0.4, 0.5) is 13.2 Å². The van der Waals surface area contributed by atoms with Crippen molar-refractivity contribution in [2.75, 3.05) is 19.6 Å². The molecule has 0 bridgehead atoms. The first kappa shape index (κ1) is 15.5. The lowest BCUT2D eigenvalue weighted by Gasteiger charge is -2.14. The molecule has 2 N–H and O–H groups in total. The van der Waals surface area contributed by atoms with E-state index in [4.69, 9.17) is 0 Å². The molecule has 2 rings (SSSR count). The number of alkyl halides is 3. The fourth-order valence-corrected chi connectivity index (χ4v) is 2.03. The van der Waals surface area contributed by atoms with Crippen LogP contribution in [-0.4, -0.2) is 30.5 Å². The molecule has 1 aliphatic rings. The third-order valence-electron chi connectivity index (χ3n) is 3.21. The van der Waals surface area contributed by atoms with Crippen molar-refractivity contribution >= 4 is 5.91 Å². The Bertz CT molecular complexity index is 523. The Kier molecular flexibility index (Phi) is 4.95. The lowest BCUT2D eigenvalue weighted by Crippen LogP contribution is -2.27. The van der Waals surface area contributed by atoms with Crippen LogP contribution in [0.15, 0.2) is 30.0 Å². The molecule has 0 saturated heterocycles. The van der Waals surface area contributed by atoms with Crippen molar-refractivity contribution < 1.29 is 18.0 Å². The molecule has 21 heavy (non-hydrogen) atoms. The standard InChI is InChI=1S/C14H16F3N3O/c15-14(16,17)12-2-1-11(9-20-12)13(21)19-8-5-10-3-6-18-7-4-10/h1-3,9,18H,4-8H2,(H,19,21). The van der Waals surface area contributed by atoms with Crippen LogP contribution in [-0.2, 0) is 6.18 Å². The summed E-state index contributed by atoms with van der Waals surface area (Å²) < 4.78 is 37.1. The van der Waals surface area contributed by atoms with Gasteiger partial charge in [-0.3, -0.25) is 9.78 Å². The van der Waals surface area contributed by atoms with Gasteiger partial charge >= 0.3 is 6.18 Å². The van der Waals surface area contributed by atoms with E-state index in [0.717, 1.165) is 44.3 Å². The van der Waals surface area contributed by atoms with Gasteiger partial charge in [-0.1, -0.05) is 11.6 Å². The Morgan fingerprint density at radius 3 is 2.76 bits per heavy atom. The number of halogens is 3. The summed E-state index contributed by atoms with van der Waals surface area (Å²) in [7, 11) is 0. The van der Waals surface area contributed by atoms with E-state index in [0.29, 0.717) is 6.54 Å². The molecule has 1 aromatic heterocycles. The second-order valence-electron chi connectivity index (χ2n) is 4.75. The van der Waals surface area contributed by atoms with Gasteiger partial charge in [0.05, 0.1) is 5.56 Å². The smallest absolute Gasteiger partial charge is 0.352 e. The van der Waals surface area contributed by atoms with E-state index in [1.165, 1.54) is 5.57 Å². The number of hydrogen-bond donors (Lipinski definition) is 2. The highest BCUT2D eigenvalue weighted by molar-refractivity contribution is 5.93. The summed E-state index contributed by atoms with van der Waals surface area (Å²) in [5.41, 5.74) is 0.404. The zero-order valence-electron chi connectivity index (χ0n) is 11.3. The van der Waals surface area contributed by atoms with E-state index >= 15 is 0 Å². The number of pyridine rings is 1. The Labute approximate surface area is 120 Å². The third kappa shape index (κ3) is 4.56. The summed E-state index contributed by atoms with van der Waals surface area (Å²) in [5, 5.41) is 5.88. The van der Waals surface area contributed by atoms with Gasteiger partial charge in [-0.15, -0.1) is 0 Å². The van der Waals surface area contributed by atoms with Gasteiger partial charge in [0.2, 0.25) is 0 Å². The first-order chi connectivity index (χ1) is 9.97. The van der Waals surface area contributed by atoms with Crippen LogP contribution in [0.5, 0.6) is 0 Å². The second kappa shape index (κ2) is 6.71. The molecule has 114 valence electrons. The molecular formula is C14H16F3N3O. The molecule has 0 radical (unpaired) electrons. The Morgan fingerprint density at radius 1 is 1.38 bits per heavy atom. The number of carbonyl (C=O) groups excluding carboxylic acids is 1. The molecule has 0 aliphatic carbocycles. The molecular weight excluding hydrogens is 283 g/mol. The summed E-state index contributed by atoms with van der Waals surface area (Å²) >= 11 is 0. The van der Waals surface area contributed by atoms with Crippen molar-refractivity contribution in [1.82, 2.24) is 15.6 Å². The van der Waals surface area contributed by atoms with Crippen molar-refractivity contribution in [2.45, 2.75) is 19.0 Å². The van der Waals surface area contributed by atoms with Crippen molar-refractivity contribution in [3.8, 4) is 0 Å². The Morgan fingerprint density at radius 2 is 2.19 bits per heavy atom. The molecule has 0 saturated carbocycles. The van der Waals surface area contributed by atoms with Crippen molar-refractivity contribution in [1.29, 1.82) is 0 Å². The van der Waals surface area contributed by atoms with Gasteiger partial charge in [-0.2, -0.15) is 13.2 Å². The monoisotopic (exact) mass is 299 g/mol. The molecule has 0 aromatic carbocycles. The highest BCUT2D eigenvalue weighted by Crippen LogP contribution is 2.27. The van der Waals surface area contributed by atoms with Gasteiger partial charge in [0.1, 0.15) is 5.69 Å². The summed E-state index contributed by atoms with van der Waals surface area (Å²) in [5.74, 6) is -0.411. The van der Waals surface area contributed by atoms with Gasteiger partial charge in [0.15, 0.2) is 0 Å². The van der Waals surface area contributed by atoms with E-state index < -0.39 is 17.8 Å². The molecule has 0 unspecified atom stereocenters. The maximum absolute atomic E-state index is 12.4. The fourth-order valence-electron chi connectivity index (χ4n) is 2.03. The summed E-state index contributed by atoms with van der Waals surface area (Å²) in [6.07, 6.45) is 0.257. The highest BCUT2D eigenvalue weighted by atomic mass is 19.4. The van der Waals surface area contributed by atoms with Crippen molar-refractivity contribution in [3.05, 3.63) is 41.2 Å². The Balaban J connectivity index is 1.84. The normalized spacial score (nSPS) is 15.5. The second-order valence-corrected chi connectivity index (χ2v) is 4.75. The van der Waals surface area contributed by atoms with Gasteiger partial charge in [0.25, 0.3) is 5.91 Å². The van der Waals surface area contributed by atoms with E-state index in [2.05, 4.69) is 21.7 Å². The van der Waals surface area contributed by atoms with Gasteiger partial charge in [0, 0.05) is 19.3 Å². The summed E-state index contributed by atoms with van der Waals surface area (Å²) in [6, 6.07) is 1.94. The molecule has 7 heteroatoms. The van der Waals surface area contributed by atoms with E-state index in [1.54, 1.807) is 0 Å². The number of nitrogens with zero attached hydrogens (tertiary/aromatic N) is 1. The first-order valence-corrected chi connectivity index (χ1v) is 6.67. The maximum atomic E-state index is 12.4. The molecule has 0 spiro atoms. The predicted octanol–water partition coefficient (Wildman–Crippen LogP) is 2.14. The zero-order valence-corrected chi connectivity index (χ0v) is 11.3. The highest BCUT2D eigenvalue weighted by Gasteiger charge is 2.32. The summed E-state index contributed by atoms with van der Waals surface area (Å²) in [6.45, 7) is 2.24. The number of rotatable bonds is 4. The average molecular weight is 299 g/mol. The molecule has 4 nitrogen and oxygen atoms in total. The zero-order chi connectivity index (χ0) is 15.3. The van der Waals surface area contributed by atoms with E-state index in [-0.39, 0.29) is 5.56 Å². The van der Waals surface area contributed by atoms with E-state index in [1.807, 2.05) is 0 Å². The van der Waals surface area contributed by atoms with Gasteiger partial charge < -0.3 is 10.6 Å². The number of nitrogens with one attached hydrogen (secondary N) is 2. The minimum absolute atomic E-state index is 0.127. The van der Waals surface area contributed by atoms with Crippen LogP contribution in [0.1, 0.15) is 28.9 Å². The maximum Gasteiger partial charge on any atom is 0.433 e. The SMILES string of the molecule is O=C(NCCC1=CCNCC1)c1ccc(C(F)(F)F)nc1. The predicted molar refractivity (Wildman–Crippen MR) is 71.8 cm³/mol. The van der Waals surface area contributed by atoms with Gasteiger partial charge in [-0.25, -0.2) is 0 Å². The number of amides is 1. The minimum atomic E-state index is -4.49. The molecule has 1 amide bonds. The quantitative estimate of drug-likeness (QED) is 0.838. The molecule has 1 aromatic rings. The lowest BCUT2D eigenvalue weighted by atomic mass is 10.1. The number of hydrogen-bond acceptors (Lipinski definition) is 3. The van der Waals surface area contributed by atoms with Crippen LogP contribution < -0.4 is 10.6 Å². The molecule has 0 fully saturated rings. The Hall–Kier alpha value is -1.89. The van der Waals surface area contributed by atoms with Crippen molar-refractivity contribution in [2.24, 2.45) is 0 Å². The number of carbonyl (C=O) groups is 1. The number of aromatic nitrogens is 1. The largest absolute Gasteiger partial charge is 0.433 e. The fraction of sp³-hybridized carbons (Fsp3) is 0.429. The minimum Gasteiger partial charge on any atom is -0.352 e. The van der Waals surface area contributed by atoms with Crippen LogP contribution in [0.25, 0.3) is 0 Å². The molecule has 1 aliphatic heterocycles. The van der Waals surface area contributed by atoms with Crippen LogP contribution in [0, 0.1) is 0 Å². The molecule has 2 heterocycles.